The molecule has 19 heavy (non-hydrogen) atoms. The first-order valence-electron chi connectivity index (χ1n) is 6.92. The molecular weight excluding hydrogens is 242 g/mol. The van der Waals surface area contributed by atoms with Crippen LogP contribution in [0.25, 0.3) is 0 Å². The minimum absolute atomic E-state index is 0.115. The van der Waals surface area contributed by atoms with Crippen LogP contribution in [0.5, 0.6) is 5.75 Å². The maximum absolute atomic E-state index is 10.9. The van der Waals surface area contributed by atoms with Crippen LogP contribution in [-0.4, -0.2) is 30.3 Å². The summed E-state index contributed by atoms with van der Waals surface area (Å²) in [5.74, 6) is 0.140. The third kappa shape index (κ3) is 3.63. The van der Waals surface area contributed by atoms with Gasteiger partial charge in [-0.1, -0.05) is 0 Å². The van der Waals surface area contributed by atoms with E-state index in [1.165, 1.54) is 0 Å². The molecule has 1 saturated heterocycles. The summed E-state index contributed by atoms with van der Waals surface area (Å²) in [6.07, 6.45) is 3.42. The average molecular weight is 263 g/mol. The highest BCUT2D eigenvalue weighted by Gasteiger charge is 2.24. The molecule has 1 heterocycles. The number of aliphatic carboxylic acids is 1. The Labute approximate surface area is 114 Å². The van der Waals surface area contributed by atoms with Gasteiger partial charge in [-0.3, -0.25) is 4.79 Å². The normalized spacial score (nSPS) is 19.2. The van der Waals surface area contributed by atoms with Crippen molar-refractivity contribution in [2.24, 2.45) is 0 Å². The molecule has 0 saturated carbocycles. The lowest BCUT2D eigenvalue weighted by atomic mass is 9.98. The molecule has 2 rings (SSSR count). The third-order valence-corrected chi connectivity index (χ3v) is 3.52. The van der Waals surface area contributed by atoms with Gasteiger partial charge in [0.1, 0.15) is 5.75 Å². The second-order valence-electron chi connectivity index (χ2n) is 4.87. The van der Waals surface area contributed by atoms with Crippen molar-refractivity contribution in [3.8, 4) is 5.75 Å². The fraction of sp³-hybridized carbons (Fsp3) is 0.533. The van der Waals surface area contributed by atoms with Crippen molar-refractivity contribution in [1.29, 1.82) is 0 Å². The summed E-state index contributed by atoms with van der Waals surface area (Å²) in [6, 6.07) is 8.05. The molecular formula is C15H21NO3. The van der Waals surface area contributed by atoms with E-state index in [0.29, 0.717) is 6.61 Å². The maximum atomic E-state index is 10.9. The molecule has 0 amide bonds. The van der Waals surface area contributed by atoms with Crippen molar-refractivity contribution in [1.82, 2.24) is 0 Å². The second-order valence-corrected chi connectivity index (χ2v) is 4.87. The van der Waals surface area contributed by atoms with Gasteiger partial charge in [0, 0.05) is 18.3 Å². The molecule has 0 aromatic heterocycles. The Hall–Kier alpha value is -1.71. The van der Waals surface area contributed by atoms with Gasteiger partial charge < -0.3 is 14.7 Å². The van der Waals surface area contributed by atoms with Crippen LogP contribution < -0.4 is 9.64 Å². The number of hydrogen-bond acceptors (Lipinski definition) is 3. The Morgan fingerprint density at radius 2 is 2.11 bits per heavy atom. The Morgan fingerprint density at radius 1 is 1.37 bits per heavy atom. The molecule has 1 N–H and O–H groups in total. The lowest BCUT2D eigenvalue weighted by molar-refractivity contribution is -0.137. The van der Waals surface area contributed by atoms with Crippen LogP contribution in [0, 0.1) is 0 Å². The number of anilines is 1. The van der Waals surface area contributed by atoms with Crippen LogP contribution in [0.15, 0.2) is 24.3 Å². The van der Waals surface area contributed by atoms with Gasteiger partial charge >= 0.3 is 5.97 Å². The third-order valence-electron chi connectivity index (χ3n) is 3.52. The van der Waals surface area contributed by atoms with Crippen molar-refractivity contribution in [2.45, 2.75) is 38.6 Å². The molecule has 0 radical (unpaired) electrons. The molecule has 0 bridgehead atoms. The first-order chi connectivity index (χ1) is 9.20. The number of hydrogen-bond donors (Lipinski definition) is 1. The van der Waals surface area contributed by atoms with E-state index in [4.69, 9.17) is 9.84 Å². The SMILES string of the molecule is CCOc1ccc(N2CCCCC2CC(=O)O)cc1. The number of carbonyl (C=O) groups is 1. The summed E-state index contributed by atoms with van der Waals surface area (Å²) in [6.45, 7) is 3.55. The van der Waals surface area contributed by atoms with E-state index in [-0.39, 0.29) is 12.5 Å². The fourth-order valence-electron chi connectivity index (χ4n) is 2.65. The molecule has 1 aromatic carbocycles. The standard InChI is InChI=1S/C15H21NO3/c1-2-19-14-8-6-12(7-9-14)16-10-4-3-5-13(16)11-15(17)18/h6-9,13H,2-5,10-11H2,1H3,(H,17,18). The van der Waals surface area contributed by atoms with Crippen molar-refractivity contribution < 1.29 is 14.6 Å². The molecule has 1 aromatic rings. The Kier molecular flexibility index (Phi) is 4.66. The quantitative estimate of drug-likeness (QED) is 0.887. The van der Waals surface area contributed by atoms with E-state index in [2.05, 4.69) is 4.90 Å². The van der Waals surface area contributed by atoms with Crippen LogP contribution in [0.3, 0.4) is 0 Å². The highest BCUT2D eigenvalue weighted by molar-refractivity contribution is 5.68. The summed E-state index contributed by atoms with van der Waals surface area (Å²) >= 11 is 0. The minimum Gasteiger partial charge on any atom is -0.494 e. The summed E-state index contributed by atoms with van der Waals surface area (Å²) in [4.78, 5) is 13.2. The number of carboxylic acid groups (broad SMARTS) is 1. The summed E-state index contributed by atoms with van der Waals surface area (Å²) in [5, 5.41) is 9.00. The predicted octanol–water partition coefficient (Wildman–Crippen LogP) is 2.92. The van der Waals surface area contributed by atoms with Gasteiger partial charge in [0.2, 0.25) is 0 Å². The highest BCUT2D eigenvalue weighted by Crippen LogP contribution is 2.28. The number of carboxylic acids is 1. The molecule has 1 aliphatic heterocycles. The van der Waals surface area contributed by atoms with Gasteiger partial charge in [0.25, 0.3) is 0 Å². The van der Waals surface area contributed by atoms with Crippen molar-refractivity contribution in [3.05, 3.63) is 24.3 Å². The topological polar surface area (TPSA) is 49.8 Å². The minimum atomic E-state index is -0.720. The summed E-state index contributed by atoms with van der Waals surface area (Å²) < 4.78 is 5.43. The number of rotatable bonds is 5. The largest absolute Gasteiger partial charge is 0.494 e. The molecule has 104 valence electrons. The highest BCUT2D eigenvalue weighted by atomic mass is 16.5. The molecule has 0 aliphatic carbocycles. The lowest BCUT2D eigenvalue weighted by Gasteiger charge is -2.37. The number of ether oxygens (including phenoxy) is 1. The number of nitrogens with zero attached hydrogens (tertiary/aromatic N) is 1. The fourth-order valence-corrected chi connectivity index (χ4v) is 2.65. The van der Waals surface area contributed by atoms with Gasteiger partial charge in [-0.05, 0) is 50.5 Å². The summed E-state index contributed by atoms with van der Waals surface area (Å²) in [5.41, 5.74) is 1.09. The van der Waals surface area contributed by atoms with Crippen LogP contribution in [0.4, 0.5) is 5.69 Å². The lowest BCUT2D eigenvalue weighted by Crippen LogP contribution is -2.40. The van der Waals surface area contributed by atoms with Gasteiger partial charge in [-0.15, -0.1) is 0 Å². The number of benzene rings is 1. The van der Waals surface area contributed by atoms with Gasteiger partial charge in [0.15, 0.2) is 0 Å². The Balaban J connectivity index is 2.10. The van der Waals surface area contributed by atoms with E-state index < -0.39 is 5.97 Å². The molecule has 4 heteroatoms. The molecule has 0 spiro atoms. The van der Waals surface area contributed by atoms with Gasteiger partial charge in [-0.25, -0.2) is 0 Å². The van der Waals surface area contributed by atoms with E-state index >= 15 is 0 Å². The van der Waals surface area contributed by atoms with E-state index in [1.807, 2.05) is 31.2 Å². The van der Waals surface area contributed by atoms with Crippen molar-refractivity contribution in [2.75, 3.05) is 18.1 Å². The Morgan fingerprint density at radius 3 is 2.74 bits per heavy atom. The molecule has 1 aliphatic rings. The van der Waals surface area contributed by atoms with E-state index in [9.17, 15) is 4.79 Å². The maximum Gasteiger partial charge on any atom is 0.305 e. The predicted molar refractivity (Wildman–Crippen MR) is 74.8 cm³/mol. The molecule has 1 fully saturated rings. The zero-order chi connectivity index (χ0) is 13.7. The second kappa shape index (κ2) is 6.45. The summed E-state index contributed by atoms with van der Waals surface area (Å²) in [7, 11) is 0. The Bertz CT molecular complexity index is 416. The van der Waals surface area contributed by atoms with Crippen molar-refractivity contribution in [3.63, 3.8) is 0 Å². The number of piperidine rings is 1. The van der Waals surface area contributed by atoms with Gasteiger partial charge in [0.05, 0.1) is 13.0 Å². The zero-order valence-electron chi connectivity index (χ0n) is 11.3. The monoisotopic (exact) mass is 263 g/mol. The van der Waals surface area contributed by atoms with Crippen LogP contribution in [0.1, 0.15) is 32.6 Å². The van der Waals surface area contributed by atoms with Crippen LogP contribution in [0.2, 0.25) is 0 Å². The van der Waals surface area contributed by atoms with Crippen molar-refractivity contribution >= 4 is 11.7 Å². The molecule has 1 atom stereocenters. The first-order valence-corrected chi connectivity index (χ1v) is 6.92. The van der Waals surface area contributed by atoms with E-state index in [1.54, 1.807) is 0 Å². The molecule has 1 unspecified atom stereocenters. The van der Waals surface area contributed by atoms with E-state index in [0.717, 1.165) is 37.2 Å². The van der Waals surface area contributed by atoms with Crippen LogP contribution in [-0.2, 0) is 4.79 Å². The average Bonchev–Trinajstić information content (AvgIpc) is 2.40. The first kappa shape index (κ1) is 13.7. The van der Waals surface area contributed by atoms with Crippen LogP contribution >= 0.6 is 0 Å². The zero-order valence-corrected chi connectivity index (χ0v) is 11.3. The van der Waals surface area contributed by atoms with Gasteiger partial charge in [-0.2, -0.15) is 0 Å². The smallest absolute Gasteiger partial charge is 0.305 e. The molecule has 4 nitrogen and oxygen atoms in total.